The third kappa shape index (κ3) is 4.96. The van der Waals surface area contributed by atoms with Crippen molar-refractivity contribution in [3.05, 3.63) is 35.9 Å². The molecule has 1 aromatic carbocycles. The average molecular weight is 633 g/mol. The quantitative estimate of drug-likeness (QED) is 0.157. The summed E-state index contributed by atoms with van der Waals surface area (Å²) in [5, 5.41) is 0. The molecule has 0 spiro atoms. The van der Waals surface area contributed by atoms with E-state index in [1.165, 1.54) is 4.90 Å². The zero-order chi connectivity index (χ0) is 26.4. The standard InChI is InChI=1S/C19H17F13IN/c20-14(21,15(22,23)16(24,25)17(26,27)18(28,29)19(30,31)32)6-12-9-34(10-13(12)7-33)8-11-4-2-1-3-5-11/h1-5,12-13H,6-10H2/t12-,13+/m0/s1. The Bertz CT molecular complexity index is 825. The van der Waals surface area contributed by atoms with Crippen LogP contribution in [0.15, 0.2) is 30.3 Å². The van der Waals surface area contributed by atoms with E-state index in [-0.39, 0.29) is 24.1 Å². The smallest absolute Gasteiger partial charge is 0.298 e. The highest BCUT2D eigenvalue weighted by Gasteiger charge is 2.90. The normalized spacial score (nSPS) is 21.8. The first kappa shape index (κ1) is 29.2. The number of alkyl halides is 14. The highest BCUT2D eigenvalue weighted by molar-refractivity contribution is 14.1. The average Bonchev–Trinajstić information content (AvgIpc) is 3.07. The van der Waals surface area contributed by atoms with Gasteiger partial charge in [0.2, 0.25) is 0 Å². The maximum absolute atomic E-state index is 14.3. The Morgan fingerprint density at radius 1 is 0.676 bits per heavy atom. The Balaban J connectivity index is 2.29. The summed E-state index contributed by atoms with van der Waals surface area (Å²) in [7, 11) is 0. The van der Waals surface area contributed by atoms with E-state index in [0.29, 0.717) is 5.56 Å². The van der Waals surface area contributed by atoms with Crippen molar-refractivity contribution < 1.29 is 57.1 Å². The first-order valence-corrected chi connectivity index (χ1v) is 11.0. The number of likely N-dealkylation sites (tertiary alicyclic amines) is 1. The Labute approximate surface area is 198 Å². The zero-order valence-electron chi connectivity index (χ0n) is 16.8. The van der Waals surface area contributed by atoms with Gasteiger partial charge in [-0.25, -0.2) is 0 Å². The third-order valence-electron chi connectivity index (χ3n) is 5.62. The lowest BCUT2D eigenvalue weighted by molar-refractivity contribution is -0.440. The number of nitrogens with zero attached hydrogens (tertiary/aromatic N) is 1. The van der Waals surface area contributed by atoms with Crippen molar-refractivity contribution in [1.82, 2.24) is 4.90 Å². The molecule has 0 saturated carbocycles. The molecule has 1 aliphatic rings. The Morgan fingerprint density at radius 3 is 1.62 bits per heavy atom. The number of hydrogen-bond acceptors (Lipinski definition) is 1. The minimum atomic E-state index is -7.86. The molecule has 196 valence electrons. The van der Waals surface area contributed by atoms with Crippen LogP contribution in [0.4, 0.5) is 57.1 Å². The van der Waals surface area contributed by atoms with E-state index in [2.05, 4.69) is 0 Å². The van der Waals surface area contributed by atoms with Crippen LogP contribution in [0.2, 0.25) is 0 Å². The van der Waals surface area contributed by atoms with Crippen LogP contribution in [0.3, 0.4) is 0 Å². The number of benzene rings is 1. The molecule has 0 unspecified atom stereocenters. The summed E-state index contributed by atoms with van der Waals surface area (Å²) in [5.74, 6) is -38.8. The Hall–Kier alpha value is -1.00. The Morgan fingerprint density at radius 2 is 1.15 bits per heavy atom. The van der Waals surface area contributed by atoms with Crippen molar-refractivity contribution in [2.24, 2.45) is 11.8 Å². The summed E-state index contributed by atoms with van der Waals surface area (Å²) in [6.45, 7) is -0.115. The first-order chi connectivity index (χ1) is 15.2. The van der Waals surface area contributed by atoms with Crippen LogP contribution in [0.5, 0.6) is 0 Å². The maximum Gasteiger partial charge on any atom is 0.460 e. The van der Waals surface area contributed by atoms with E-state index < -0.39 is 54.0 Å². The fourth-order valence-electron chi connectivity index (χ4n) is 3.67. The maximum atomic E-state index is 14.3. The van der Waals surface area contributed by atoms with Gasteiger partial charge in [-0.3, -0.25) is 4.90 Å². The second-order valence-corrected chi connectivity index (χ2v) is 8.94. The molecule has 1 aromatic rings. The van der Waals surface area contributed by atoms with Gasteiger partial charge in [-0.15, -0.1) is 0 Å². The fourth-order valence-corrected chi connectivity index (χ4v) is 4.67. The third-order valence-corrected chi connectivity index (χ3v) is 6.75. The molecular weight excluding hydrogens is 616 g/mol. The van der Waals surface area contributed by atoms with Gasteiger partial charge in [0.05, 0.1) is 0 Å². The molecule has 0 aliphatic carbocycles. The minimum absolute atomic E-state index is 0.0584. The van der Waals surface area contributed by atoms with Gasteiger partial charge in [0.25, 0.3) is 0 Å². The van der Waals surface area contributed by atoms with Crippen molar-refractivity contribution >= 4 is 22.6 Å². The van der Waals surface area contributed by atoms with Gasteiger partial charge in [-0.1, -0.05) is 52.9 Å². The topological polar surface area (TPSA) is 3.24 Å². The molecule has 2 atom stereocenters. The molecule has 0 bridgehead atoms. The van der Waals surface area contributed by atoms with Crippen molar-refractivity contribution in [3.63, 3.8) is 0 Å². The van der Waals surface area contributed by atoms with Crippen LogP contribution < -0.4 is 0 Å². The van der Waals surface area contributed by atoms with Crippen molar-refractivity contribution in [1.29, 1.82) is 0 Å². The van der Waals surface area contributed by atoms with Gasteiger partial charge in [0.1, 0.15) is 0 Å². The van der Waals surface area contributed by atoms with Crippen molar-refractivity contribution in [2.45, 2.75) is 48.8 Å². The van der Waals surface area contributed by atoms with Gasteiger partial charge in [-0.05, 0) is 17.4 Å². The van der Waals surface area contributed by atoms with Gasteiger partial charge in [0.15, 0.2) is 0 Å². The van der Waals surface area contributed by atoms with E-state index in [9.17, 15) is 57.1 Å². The molecule has 1 heterocycles. The van der Waals surface area contributed by atoms with Gasteiger partial charge >= 0.3 is 35.8 Å². The van der Waals surface area contributed by atoms with Gasteiger partial charge in [0, 0.05) is 30.5 Å². The highest BCUT2D eigenvalue weighted by atomic mass is 127. The van der Waals surface area contributed by atoms with E-state index in [1.807, 2.05) is 0 Å². The van der Waals surface area contributed by atoms with E-state index in [1.54, 1.807) is 52.9 Å². The van der Waals surface area contributed by atoms with Gasteiger partial charge in [-0.2, -0.15) is 57.1 Å². The number of hydrogen-bond donors (Lipinski definition) is 0. The molecule has 2 rings (SSSR count). The molecule has 0 amide bonds. The SMILES string of the molecule is FC(F)(F)C(F)(F)C(F)(F)C(F)(F)C(F)(F)C(F)(F)C[C@H]1CN(Cc2ccccc2)C[C@H]1CI. The molecule has 0 N–H and O–H groups in total. The van der Waals surface area contributed by atoms with Crippen LogP contribution >= 0.6 is 22.6 Å². The second-order valence-electron chi connectivity index (χ2n) is 8.06. The molecule has 1 fully saturated rings. The molecule has 0 radical (unpaired) electrons. The molecular formula is C19H17F13IN. The lowest BCUT2D eigenvalue weighted by atomic mass is 9.85. The van der Waals surface area contributed by atoms with Crippen LogP contribution in [-0.2, 0) is 6.54 Å². The number of rotatable bonds is 9. The molecule has 15 heteroatoms. The molecule has 1 saturated heterocycles. The molecule has 1 nitrogen and oxygen atoms in total. The van der Waals surface area contributed by atoms with Crippen LogP contribution in [0, 0.1) is 11.8 Å². The second kappa shape index (κ2) is 9.47. The largest absolute Gasteiger partial charge is 0.460 e. The lowest BCUT2D eigenvalue weighted by Gasteiger charge is -2.40. The van der Waals surface area contributed by atoms with Crippen LogP contribution in [0.1, 0.15) is 12.0 Å². The predicted molar refractivity (Wildman–Crippen MR) is 103 cm³/mol. The van der Waals surface area contributed by atoms with Crippen LogP contribution in [0.25, 0.3) is 0 Å². The molecule has 0 aromatic heterocycles. The van der Waals surface area contributed by atoms with Crippen molar-refractivity contribution in [2.75, 3.05) is 17.5 Å². The molecule has 1 aliphatic heterocycles. The van der Waals surface area contributed by atoms with E-state index >= 15 is 0 Å². The first-order valence-electron chi connectivity index (χ1n) is 9.51. The van der Waals surface area contributed by atoms with Crippen LogP contribution in [-0.4, -0.2) is 58.2 Å². The monoisotopic (exact) mass is 633 g/mol. The van der Waals surface area contributed by atoms with Gasteiger partial charge < -0.3 is 0 Å². The summed E-state index contributed by atoms with van der Waals surface area (Å²) >= 11 is 1.72. The minimum Gasteiger partial charge on any atom is -0.298 e. The van der Waals surface area contributed by atoms with Crippen molar-refractivity contribution in [3.8, 4) is 0 Å². The van der Waals surface area contributed by atoms with E-state index in [4.69, 9.17) is 0 Å². The molecule has 34 heavy (non-hydrogen) atoms. The van der Waals surface area contributed by atoms with E-state index in [0.717, 1.165) is 0 Å². The summed E-state index contributed by atoms with van der Waals surface area (Å²) in [4.78, 5) is 1.53. The summed E-state index contributed by atoms with van der Waals surface area (Å²) in [6.07, 6.45) is -9.52. The lowest BCUT2D eigenvalue weighted by Crippen LogP contribution is -2.70. The summed E-state index contributed by atoms with van der Waals surface area (Å²) < 4.78 is 174. The Kier molecular flexibility index (Phi) is 8.14. The highest BCUT2D eigenvalue weighted by Crippen LogP contribution is 2.61. The predicted octanol–water partition coefficient (Wildman–Crippen LogP) is 7.30. The zero-order valence-corrected chi connectivity index (χ0v) is 19.0. The fraction of sp³-hybridized carbons (Fsp3) is 0.684. The summed E-state index contributed by atoms with van der Waals surface area (Å²) in [5.41, 5.74) is 0.702. The number of halogens is 14. The summed E-state index contributed by atoms with van der Waals surface area (Å²) in [6, 6.07) is 8.33.